The summed E-state index contributed by atoms with van der Waals surface area (Å²) in [5.41, 5.74) is 0. The van der Waals surface area contributed by atoms with Crippen LogP contribution in [0, 0.1) is 0 Å². The van der Waals surface area contributed by atoms with Crippen molar-refractivity contribution >= 4 is 17.7 Å². The fourth-order valence-corrected chi connectivity index (χ4v) is 3.32. The largest absolute Gasteiger partial charge is 0.468 e. The van der Waals surface area contributed by atoms with Gasteiger partial charge in [0, 0.05) is 4.75 Å². The molecule has 0 radical (unpaired) electrons. The van der Waals surface area contributed by atoms with Gasteiger partial charge >= 0.3 is 5.97 Å². The zero-order valence-electron chi connectivity index (χ0n) is 9.29. The first kappa shape index (κ1) is 11.9. The minimum absolute atomic E-state index is 0.0626. The van der Waals surface area contributed by atoms with Crippen LogP contribution in [0.4, 0.5) is 0 Å². The third kappa shape index (κ3) is 2.42. The van der Waals surface area contributed by atoms with E-state index in [9.17, 15) is 4.79 Å². The first-order valence-corrected chi connectivity index (χ1v) is 5.91. The van der Waals surface area contributed by atoms with Crippen molar-refractivity contribution in [2.24, 2.45) is 0 Å². The normalized spacial score (nSPS) is 30.3. The van der Waals surface area contributed by atoms with E-state index in [1.807, 2.05) is 11.8 Å². The lowest BCUT2D eigenvalue weighted by Crippen LogP contribution is -2.45. The van der Waals surface area contributed by atoms with Gasteiger partial charge in [-0.2, -0.15) is 0 Å². The van der Waals surface area contributed by atoms with Crippen LogP contribution >= 0.6 is 11.8 Å². The topological polar surface area (TPSA) is 38.3 Å². The monoisotopic (exact) mass is 217 g/mol. The van der Waals surface area contributed by atoms with Crippen LogP contribution in [0.1, 0.15) is 33.6 Å². The molecule has 4 heteroatoms. The molecule has 0 amide bonds. The van der Waals surface area contributed by atoms with Gasteiger partial charge in [-0.1, -0.05) is 13.3 Å². The highest BCUT2D eigenvalue weighted by Gasteiger charge is 2.45. The molecule has 1 aliphatic heterocycles. The molecule has 3 nitrogen and oxygen atoms in total. The molecule has 1 N–H and O–H groups in total. The smallest absolute Gasteiger partial charge is 0.324 e. The van der Waals surface area contributed by atoms with Crippen LogP contribution in [-0.4, -0.2) is 29.2 Å². The van der Waals surface area contributed by atoms with E-state index in [1.165, 1.54) is 7.11 Å². The van der Waals surface area contributed by atoms with Crippen molar-refractivity contribution in [1.29, 1.82) is 0 Å². The van der Waals surface area contributed by atoms with Crippen molar-refractivity contribution in [3.63, 3.8) is 0 Å². The number of nitrogens with one attached hydrogen (secondary N) is 1. The van der Waals surface area contributed by atoms with Crippen molar-refractivity contribution in [3.05, 3.63) is 0 Å². The summed E-state index contributed by atoms with van der Waals surface area (Å²) in [4.78, 5) is 11.5. The summed E-state index contributed by atoms with van der Waals surface area (Å²) in [6, 6.07) is -0.172. The second-order valence-corrected chi connectivity index (χ2v) is 5.98. The van der Waals surface area contributed by atoms with E-state index in [4.69, 9.17) is 4.74 Å². The third-order valence-corrected chi connectivity index (χ3v) is 3.98. The van der Waals surface area contributed by atoms with E-state index < -0.39 is 0 Å². The highest BCUT2D eigenvalue weighted by atomic mass is 32.2. The van der Waals surface area contributed by atoms with Gasteiger partial charge in [0.2, 0.25) is 0 Å². The Labute approximate surface area is 90.0 Å². The Morgan fingerprint density at radius 1 is 1.57 bits per heavy atom. The van der Waals surface area contributed by atoms with Crippen LogP contribution in [0.3, 0.4) is 0 Å². The maximum absolute atomic E-state index is 11.5. The van der Waals surface area contributed by atoms with E-state index in [0.717, 1.165) is 12.8 Å². The van der Waals surface area contributed by atoms with Crippen LogP contribution in [0.2, 0.25) is 0 Å². The lowest BCUT2D eigenvalue weighted by Gasteiger charge is -2.22. The van der Waals surface area contributed by atoms with Crippen molar-refractivity contribution in [2.75, 3.05) is 7.11 Å². The number of esters is 1. The lowest BCUT2D eigenvalue weighted by atomic mass is 10.0. The molecule has 14 heavy (non-hydrogen) atoms. The summed E-state index contributed by atoms with van der Waals surface area (Å²) in [5.74, 6) is -0.152. The molecule has 2 unspecified atom stereocenters. The summed E-state index contributed by atoms with van der Waals surface area (Å²) >= 11 is 1.83. The molecule has 0 aromatic rings. The SMILES string of the molecule is CCCC1NC(C(=O)OC)C(C)(C)S1. The molecule has 1 heterocycles. The maximum atomic E-state index is 11.5. The van der Waals surface area contributed by atoms with Gasteiger partial charge in [-0.3, -0.25) is 10.1 Å². The van der Waals surface area contributed by atoms with Gasteiger partial charge in [-0.05, 0) is 20.3 Å². The highest BCUT2D eigenvalue weighted by molar-refractivity contribution is 8.01. The van der Waals surface area contributed by atoms with Crippen LogP contribution in [0.25, 0.3) is 0 Å². The van der Waals surface area contributed by atoms with Gasteiger partial charge in [0.25, 0.3) is 0 Å². The fraction of sp³-hybridized carbons (Fsp3) is 0.900. The van der Waals surface area contributed by atoms with Gasteiger partial charge in [0.15, 0.2) is 0 Å². The first-order valence-electron chi connectivity index (χ1n) is 5.03. The minimum Gasteiger partial charge on any atom is -0.468 e. The molecular formula is C10H19NO2S. The van der Waals surface area contributed by atoms with Gasteiger partial charge in [-0.15, -0.1) is 11.8 Å². The molecule has 0 aliphatic carbocycles. The molecule has 0 aromatic carbocycles. The Balaban J connectivity index is 2.64. The predicted molar refractivity (Wildman–Crippen MR) is 59.3 cm³/mol. The first-order chi connectivity index (χ1) is 6.51. The Morgan fingerprint density at radius 2 is 2.21 bits per heavy atom. The van der Waals surface area contributed by atoms with Crippen LogP contribution < -0.4 is 5.32 Å². The molecule has 0 spiro atoms. The number of ether oxygens (including phenoxy) is 1. The number of rotatable bonds is 3. The summed E-state index contributed by atoms with van der Waals surface area (Å²) < 4.78 is 4.72. The van der Waals surface area contributed by atoms with E-state index in [-0.39, 0.29) is 16.8 Å². The molecule has 0 saturated carbocycles. The number of hydrogen-bond donors (Lipinski definition) is 1. The van der Waals surface area contributed by atoms with Crippen molar-refractivity contribution in [1.82, 2.24) is 5.32 Å². The lowest BCUT2D eigenvalue weighted by molar-refractivity contribution is -0.143. The Kier molecular flexibility index (Phi) is 3.84. The Bertz CT molecular complexity index is 218. The fourth-order valence-electron chi connectivity index (χ4n) is 1.73. The molecule has 1 saturated heterocycles. The quantitative estimate of drug-likeness (QED) is 0.731. The highest BCUT2D eigenvalue weighted by Crippen LogP contribution is 2.39. The van der Waals surface area contributed by atoms with E-state index in [0.29, 0.717) is 5.37 Å². The van der Waals surface area contributed by atoms with Gasteiger partial charge < -0.3 is 4.74 Å². The minimum atomic E-state index is -0.172. The number of thioether (sulfide) groups is 1. The average molecular weight is 217 g/mol. The average Bonchev–Trinajstić information content (AvgIpc) is 2.40. The second-order valence-electron chi connectivity index (χ2n) is 4.12. The van der Waals surface area contributed by atoms with Gasteiger partial charge in [0.1, 0.15) is 6.04 Å². The molecule has 82 valence electrons. The number of carbonyl (C=O) groups excluding carboxylic acids is 1. The summed E-state index contributed by atoms with van der Waals surface area (Å²) in [6.45, 7) is 6.32. The van der Waals surface area contributed by atoms with E-state index in [2.05, 4.69) is 26.1 Å². The molecule has 1 aliphatic rings. The van der Waals surface area contributed by atoms with Crippen LogP contribution in [-0.2, 0) is 9.53 Å². The summed E-state index contributed by atoms with van der Waals surface area (Å²) in [5, 5.41) is 3.71. The summed E-state index contributed by atoms with van der Waals surface area (Å²) in [6.07, 6.45) is 2.23. The number of hydrogen-bond acceptors (Lipinski definition) is 4. The Hall–Kier alpha value is -0.220. The zero-order chi connectivity index (χ0) is 10.8. The van der Waals surface area contributed by atoms with Crippen LogP contribution in [0.5, 0.6) is 0 Å². The maximum Gasteiger partial charge on any atom is 0.324 e. The summed E-state index contributed by atoms with van der Waals surface area (Å²) in [7, 11) is 1.44. The van der Waals surface area contributed by atoms with E-state index in [1.54, 1.807) is 0 Å². The van der Waals surface area contributed by atoms with Crippen LogP contribution in [0.15, 0.2) is 0 Å². The van der Waals surface area contributed by atoms with Gasteiger partial charge in [-0.25, -0.2) is 0 Å². The van der Waals surface area contributed by atoms with Gasteiger partial charge in [0.05, 0.1) is 12.5 Å². The number of methoxy groups -OCH3 is 1. The molecule has 0 bridgehead atoms. The Morgan fingerprint density at radius 3 is 2.71 bits per heavy atom. The van der Waals surface area contributed by atoms with Crippen molar-refractivity contribution in [2.45, 2.75) is 49.8 Å². The number of carbonyl (C=O) groups is 1. The molecule has 1 fully saturated rings. The standard InChI is InChI=1S/C10H19NO2S/c1-5-6-7-11-8(9(12)13-4)10(2,3)14-7/h7-8,11H,5-6H2,1-4H3. The molecule has 0 aromatic heterocycles. The molecular weight excluding hydrogens is 198 g/mol. The third-order valence-electron chi connectivity index (χ3n) is 2.48. The molecule has 1 rings (SSSR count). The van der Waals surface area contributed by atoms with Crippen molar-refractivity contribution < 1.29 is 9.53 Å². The zero-order valence-corrected chi connectivity index (χ0v) is 10.1. The molecule has 2 atom stereocenters. The predicted octanol–water partition coefficient (Wildman–Crippen LogP) is 1.77. The van der Waals surface area contributed by atoms with Crippen molar-refractivity contribution in [3.8, 4) is 0 Å². The second kappa shape index (κ2) is 4.53. The van der Waals surface area contributed by atoms with E-state index >= 15 is 0 Å².